The van der Waals surface area contributed by atoms with Crippen molar-refractivity contribution < 1.29 is 8.42 Å². The van der Waals surface area contributed by atoms with Gasteiger partial charge >= 0.3 is 0 Å². The molecule has 3 N–H and O–H groups in total. The second kappa shape index (κ2) is 6.24. The van der Waals surface area contributed by atoms with Crippen LogP contribution in [0.5, 0.6) is 0 Å². The Balaban J connectivity index is 2.92. The molecule has 0 saturated carbocycles. The van der Waals surface area contributed by atoms with Gasteiger partial charge in [-0.1, -0.05) is 39.8 Å². The summed E-state index contributed by atoms with van der Waals surface area (Å²) < 4.78 is 27.3. The molecular weight excluding hydrogens is 272 g/mol. The second-order valence-electron chi connectivity index (χ2n) is 6.33. The summed E-state index contributed by atoms with van der Waals surface area (Å²) in [6.45, 7) is 10.5. The molecule has 0 heterocycles. The average molecular weight is 298 g/mol. The van der Waals surface area contributed by atoms with Crippen molar-refractivity contribution in [3.05, 3.63) is 29.8 Å². The third-order valence-corrected chi connectivity index (χ3v) is 5.37. The van der Waals surface area contributed by atoms with Crippen molar-refractivity contribution in [2.45, 2.75) is 45.6 Å². The topological polar surface area (TPSA) is 72.2 Å². The van der Waals surface area contributed by atoms with Gasteiger partial charge in [-0.25, -0.2) is 13.1 Å². The Morgan fingerprint density at radius 1 is 1.25 bits per heavy atom. The zero-order valence-corrected chi connectivity index (χ0v) is 13.8. The molecule has 0 bridgehead atoms. The first-order chi connectivity index (χ1) is 9.06. The van der Waals surface area contributed by atoms with Crippen LogP contribution in [0, 0.1) is 11.3 Å². The van der Waals surface area contributed by atoms with Gasteiger partial charge in [-0.05, 0) is 36.0 Å². The van der Waals surface area contributed by atoms with Gasteiger partial charge in [0.05, 0.1) is 4.90 Å². The minimum absolute atomic E-state index is 0.0914. The summed E-state index contributed by atoms with van der Waals surface area (Å²) in [5, 5.41) is 0. The van der Waals surface area contributed by atoms with Crippen molar-refractivity contribution >= 4 is 10.0 Å². The van der Waals surface area contributed by atoms with E-state index < -0.39 is 10.0 Å². The molecule has 0 amide bonds. The number of hydrogen-bond acceptors (Lipinski definition) is 3. The van der Waals surface area contributed by atoms with Gasteiger partial charge in [0.25, 0.3) is 0 Å². The van der Waals surface area contributed by atoms with E-state index in [1.807, 2.05) is 13.0 Å². The van der Waals surface area contributed by atoms with Crippen LogP contribution in [0.3, 0.4) is 0 Å². The molecule has 0 aliphatic heterocycles. The largest absolute Gasteiger partial charge is 0.324 e. The molecule has 0 aliphatic carbocycles. The lowest BCUT2D eigenvalue weighted by atomic mass is 9.81. The Kier molecular flexibility index (Phi) is 5.35. The fraction of sp³-hybridized carbons (Fsp3) is 0.600. The fourth-order valence-corrected chi connectivity index (χ4v) is 2.81. The molecule has 0 aliphatic rings. The Morgan fingerprint density at radius 3 is 2.35 bits per heavy atom. The molecule has 5 heteroatoms. The predicted octanol–water partition coefficient (Wildman–Crippen LogP) is 2.67. The molecule has 0 saturated heterocycles. The molecule has 1 rings (SSSR count). The van der Waals surface area contributed by atoms with Crippen LogP contribution in [-0.4, -0.2) is 15.0 Å². The van der Waals surface area contributed by atoms with Gasteiger partial charge < -0.3 is 5.73 Å². The molecule has 0 radical (unpaired) electrons. The number of sulfonamides is 1. The minimum Gasteiger partial charge on any atom is -0.324 e. The van der Waals surface area contributed by atoms with Crippen LogP contribution in [0.2, 0.25) is 0 Å². The van der Waals surface area contributed by atoms with E-state index in [4.69, 9.17) is 5.73 Å². The van der Waals surface area contributed by atoms with Crippen molar-refractivity contribution in [3.63, 3.8) is 0 Å². The first-order valence-electron chi connectivity index (χ1n) is 6.91. The zero-order valence-electron chi connectivity index (χ0n) is 13.0. The van der Waals surface area contributed by atoms with Gasteiger partial charge in [0, 0.05) is 12.6 Å². The van der Waals surface area contributed by atoms with E-state index in [-0.39, 0.29) is 16.4 Å². The second-order valence-corrected chi connectivity index (χ2v) is 8.10. The highest BCUT2D eigenvalue weighted by Gasteiger charge is 2.25. The molecule has 0 spiro atoms. The monoisotopic (exact) mass is 298 g/mol. The van der Waals surface area contributed by atoms with Gasteiger partial charge in [-0.3, -0.25) is 0 Å². The number of nitrogens with two attached hydrogens (primary N) is 1. The molecule has 1 aromatic carbocycles. The third-order valence-electron chi connectivity index (χ3n) is 3.97. The first-order valence-corrected chi connectivity index (χ1v) is 8.40. The average Bonchev–Trinajstić information content (AvgIpc) is 2.36. The van der Waals surface area contributed by atoms with E-state index in [1.165, 1.54) is 0 Å². The molecule has 1 unspecified atom stereocenters. The molecule has 4 nitrogen and oxygen atoms in total. The molecular formula is C15H26N2O2S. The smallest absolute Gasteiger partial charge is 0.240 e. The maximum Gasteiger partial charge on any atom is 0.240 e. The van der Waals surface area contributed by atoms with Crippen LogP contribution in [0.25, 0.3) is 0 Å². The minimum atomic E-state index is -3.49. The van der Waals surface area contributed by atoms with Gasteiger partial charge in [0.15, 0.2) is 0 Å². The molecule has 0 fully saturated rings. The molecule has 114 valence electrons. The molecule has 20 heavy (non-hydrogen) atoms. The summed E-state index contributed by atoms with van der Waals surface area (Å²) in [6.07, 6.45) is 0. The standard InChI is InChI=1S/C15H26N2O2S/c1-11(2)15(4,5)10-17-20(18,19)14-8-6-7-13(9-14)12(3)16/h6-9,11-12,17H,10,16H2,1-5H3. The first kappa shape index (κ1) is 17.1. The SMILES string of the molecule is CC(N)c1cccc(S(=O)(=O)NCC(C)(C)C(C)C)c1. The van der Waals surface area contributed by atoms with Crippen molar-refractivity contribution in [2.75, 3.05) is 6.54 Å². The number of nitrogens with one attached hydrogen (secondary N) is 1. The Bertz CT molecular complexity index is 549. The van der Waals surface area contributed by atoms with Crippen LogP contribution in [0.15, 0.2) is 29.2 Å². The van der Waals surface area contributed by atoms with Gasteiger partial charge in [-0.15, -0.1) is 0 Å². The molecule has 1 aromatic rings. The summed E-state index contributed by atoms with van der Waals surface area (Å²) in [7, 11) is -3.49. The van der Waals surface area contributed by atoms with Crippen LogP contribution in [-0.2, 0) is 10.0 Å². The van der Waals surface area contributed by atoms with Crippen molar-refractivity contribution in [1.82, 2.24) is 4.72 Å². The van der Waals surface area contributed by atoms with Crippen molar-refractivity contribution in [1.29, 1.82) is 0 Å². The number of hydrogen-bond donors (Lipinski definition) is 2. The van der Waals surface area contributed by atoms with E-state index in [0.717, 1.165) is 5.56 Å². The quantitative estimate of drug-likeness (QED) is 0.848. The molecule has 0 aromatic heterocycles. The summed E-state index contributed by atoms with van der Waals surface area (Å²) in [5.41, 5.74) is 6.52. The van der Waals surface area contributed by atoms with E-state index >= 15 is 0 Å². The fourth-order valence-electron chi connectivity index (χ4n) is 1.53. The molecule has 1 atom stereocenters. The highest BCUT2D eigenvalue weighted by Crippen LogP contribution is 2.25. The Labute approximate surface area is 122 Å². The van der Waals surface area contributed by atoms with Gasteiger partial charge in [0.2, 0.25) is 10.0 Å². The lowest BCUT2D eigenvalue weighted by molar-refractivity contribution is 0.252. The van der Waals surface area contributed by atoms with Crippen LogP contribution < -0.4 is 10.5 Å². The van der Waals surface area contributed by atoms with Crippen LogP contribution >= 0.6 is 0 Å². The Hall–Kier alpha value is -0.910. The third kappa shape index (κ3) is 4.30. The summed E-state index contributed by atoms with van der Waals surface area (Å²) in [5.74, 6) is 0.389. The lowest BCUT2D eigenvalue weighted by Gasteiger charge is -2.29. The number of rotatable bonds is 6. The predicted molar refractivity (Wildman–Crippen MR) is 82.9 cm³/mol. The van der Waals surface area contributed by atoms with E-state index in [9.17, 15) is 8.42 Å². The van der Waals surface area contributed by atoms with Gasteiger partial charge in [-0.2, -0.15) is 0 Å². The maximum atomic E-state index is 12.3. The van der Waals surface area contributed by atoms with E-state index in [0.29, 0.717) is 12.5 Å². The van der Waals surface area contributed by atoms with E-state index in [1.54, 1.807) is 18.2 Å². The van der Waals surface area contributed by atoms with Crippen LogP contribution in [0.1, 0.15) is 46.2 Å². The lowest BCUT2D eigenvalue weighted by Crippen LogP contribution is -2.37. The summed E-state index contributed by atoms with van der Waals surface area (Å²) in [6, 6.07) is 6.60. The van der Waals surface area contributed by atoms with Gasteiger partial charge in [0.1, 0.15) is 0 Å². The maximum absolute atomic E-state index is 12.3. The number of benzene rings is 1. The summed E-state index contributed by atoms with van der Waals surface area (Å²) >= 11 is 0. The Morgan fingerprint density at radius 2 is 1.85 bits per heavy atom. The van der Waals surface area contributed by atoms with Crippen LogP contribution in [0.4, 0.5) is 0 Å². The normalized spacial score (nSPS) is 14.6. The zero-order chi connectivity index (χ0) is 15.6. The van der Waals surface area contributed by atoms with Crippen molar-refractivity contribution in [3.8, 4) is 0 Å². The summed E-state index contributed by atoms with van der Waals surface area (Å²) in [4.78, 5) is 0.270. The van der Waals surface area contributed by atoms with E-state index in [2.05, 4.69) is 32.4 Å². The highest BCUT2D eigenvalue weighted by molar-refractivity contribution is 7.89. The highest BCUT2D eigenvalue weighted by atomic mass is 32.2. The van der Waals surface area contributed by atoms with Crippen molar-refractivity contribution in [2.24, 2.45) is 17.1 Å².